The van der Waals surface area contributed by atoms with Gasteiger partial charge in [0.05, 0.1) is 5.75 Å². The molecule has 0 saturated carbocycles. The second kappa shape index (κ2) is 7.72. The van der Waals surface area contributed by atoms with Crippen molar-refractivity contribution in [1.82, 2.24) is 9.62 Å². The van der Waals surface area contributed by atoms with Crippen LogP contribution < -0.4 is 5.32 Å². The minimum atomic E-state index is -3.02. The molecule has 1 atom stereocenters. The van der Waals surface area contributed by atoms with Gasteiger partial charge in [-0.1, -0.05) is 13.0 Å². The van der Waals surface area contributed by atoms with Crippen LogP contribution in [0.1, 0.15) is 38.0 Å². The van der Waals surface area contributed by atoms with E-state index in [1.54, 1.807) is 15.6 Å². The van der Waals surface area contributed by atoms with Crippen LogP contribution in [0.4, 0.5) is 0 Å². The van der Waals surface area contributed by atoms with E-state index >= 15 is 0 Å². The predicted octanol–water partition coefficient (Wildman–Crippen LogP) is 2.47. The zero-order valence-electron chi connectivity index (χ0n) is 12.9. The summed E-state index contributed by atoms with van der Waals surface area (Å²) in [5.74, 6) is 0.278. The maximum absolute atomic E-state index is 12.0. The Balaban J connectivity index is 1.76. The van der Waals surface area contributed by atoms with Crippen LogP contribution in [0.25, 0.3) is 0 Å². The Hall–Kier alpha value is -0.430. The second-order valence-electron chi connectivity index (χ2n) is 5.84. The van der Waals surface area contributed by atoms with E-state index in [-0.39, 0.29) is 5.75 Å². The molecule has 0 amide bonds. The van der Waals surface area contributed by atoms with Gasteiger partial charge in [-0.2, -0.15) is 0 Å². The number of nitrogens with zero attached hydrogens (tertiary/aromatic N) is 1. The third-order valence-corrected chi connectivity index (χ3v) is 6.89. The quantitative estimate of drug-likeness (QED) is 0.835. The Morgan fingerprint density at radius 2 is 2.14 bits per heavy atom. The minimum Gasteiger partial charge on any atom is -0.311 e. The van der Waals surface area contributed by atoms with Crippen molar-refractivity contribution in [3.05, 3.63) is 22.4 Å². The highest BCUT2D eigenvalue weighted by molar-refractivity contribution is 7.89. The van der Waals surface area contributed by atoms with Gasteiger partial charge in [0.2, 0.25) is 10.0 Å². The second-order valence-corrected chi connectivity index (χ2v) is 8.96. The van der Waals surface area contributed by atoms with E-state index in [1.165, 1.54) is 4.88 Å². The summed E-state index contributed by atoms with van der Waals surface area (Å²) in [5.41, 5.74) is 0. The van der Waals surface area contributed by atoms with Crippen LogP contribution in [0.5, 0.6) is 0 Å². The lowest BCUT2D eigenvalue weighted by molar-refractivity contribution is 0.276. The third kappa shape index (κ3) is 5.06. The smallest absolute Gasteiger partial charge is 0.214 e. The molecule has 1 N–H and O–H groups in total. The van der Waals surface area contributed by atoms with Crippen LogP contribution in [0.2, 0.25) is 0 Å². The van der Waals surface area contributed by atoms with E-state index < -0.39 is 10.0 Å². The fraction of sp³-hybridized carbons (Fsp3) is 0.733. The van der Waals surface area contributed by atoms with Gasteiger partial charge in [0.25, 0.3) is 0 Å². The summed E-state index contributed by atoms with van der Waals surface area (Å²) in [4.78, 5) is 1.40. The Kier molecular flexibility index (Phi) is 6.22. The number of thiophene rings is 1. The van der Waals surface area contributed by atoms with Gasteiger partial charge in [-0.15, -0.1) is 11.3 Å². The van der Waals surface area contributed by atoms with Crippen LogP contribution in [0.15, 0.2) is 17.5 Å². The first-order valence-corrected chi connectivity index (χ1v) is 10.3. The van der Waals surface area contributed by atoms with Crippen LogP contribution in [0.3, 0.4) is 0 Å². The first kappa shape index (κ1) is 16.9. The van der Waals surface area contributed by atoms with E-state index in [1.807, 2.05) is 6.92 Å². The first-order chi connectivity index (χ1) is 10.0. The predicted molar refractivity (Wildman–Crippen MR) is 89.3 cm³/mol. The molecular formula is C15H26N2O2S2. The molecule has 1 aliphatic rings. The zero-order chi connectivity index (χ0) is 15.3. The summed E-state index contributed by atoms with van der Waals surface area (Å²) in [6.45, 7) is 5.44. The van der Waals surface area contributed by atoms with Gasteiger partial charge in [-0.25, -0.2) is 12.7 Å². The van der Waals surface area contributed by atoms with Crippen molar-refractivity contribution in [2.75, 3.05) is 18.8 Å². The van der Waals surface area contributed by atoms with E-state index in [0.717, 1.165) is 19.3 Å². The molecule has 2 rings (SSSR count). The van der Waals surface area contributed by atoms with Gasteiger partial charge >= 0.3 is 0 Å². The molecule has 1 fully saturated rings. The van der Waals surface area contributed by atoms with Crippen molar-refractivity contribution in [2.45, 2.75) is 51.6 Å². The Morgan fingerprint density at radius 1 is 1.43 bits per heavy atom. The van der Waals surface area contributed by atoms with Gasteiger partial charge in [0.15, 0.2) is 0 Å². The standard InChI is InChI=1S/C15H26N2O2S2/c1-3-11-21(18,19)17-8-6-14(7-9-17)16-13(2)12-15-5-4-10-20-15/h4-5,10,13-14,16H,3,6-9,11-12H2,1-2H3/t13-/m1/s1. The van der Waals surface area contributed by atoms with E-state index in [9.17, 15) is 8.42 Å². The Morgan fingerprint density at radius 3 is 2.71 bits per heavy atom. The van der Waals surface area contributed by atoms with Gasteiger partial charge in [-0.3, -0.25) is 0 Å². The monoisotopic (exact) mass is 330 g/mol. The van der Waals surface area contributed by atoms with Crippen molar-refractivity contribution >= 4 is 21.4 Å². The van der Waals surface area contributed by atoms with Gasteiger partial charge < -0.3 is 5.32 Å². The van der Waals surface area contributed by atoms with Crippen LogP contribution in [-0.2, 0) is 16.4 Å². The molecule has 2 heterocycles. The highest BCUT2D eigenvalue weighted by atomic mass is 32.2. The molecule has 21 heavy (non-hydrogen) atoms. The molecule has 1 aromatic rings. The molecule has 0 bridgehead atoms. The maximum atomic E-state index is 12.0. The molecule has 0 aliphatic carbocycles. The van der Waals surface area contributed by atoms with E-state index in [0.29, 0.717) is 31.6 Å². The summed E-state index contributed by atoms with van der Waals surface area (Å²) in [6, 6.07) is 5.13. The topological polar surface area (TPSA) is 49.4 Å². The average Bonchev–Trinajstić information content (AvgIpc) is 2.92. The number of hydrogen-bond donors (Lipinski definition) is 1. The maximum Gasteiger partial charge on any atom is 0.214 e. The molecule has 0 radical (unpaired) electrons. The lowest BCUT2D eigenvalue weighted by Crippen LogP contribution is -2.47. The van der Waals surface area contributed by atoms with Crippen LogP contribution in [0, 0.1) is 0 Å². The highest BCUT2D eigenvalue weighted by Gasteiger charge is 2.27. The average molecular weight is 331 g/mol. The van der Waals surface area contributed by atoms with Gasteiger partial charge in [0.1, 0.15) is 0 Å². The molecule has 0 aromatic carbocycles. The molecule has 4 nitrogen and oxygen atoms in total. The van der Waals surface area contributed by atoms with E-state index in [2.05, 4.69) is 29.8 Å². The third-order valence-electron chi connectivity index (χ3n) is 3.92. The minimum absolute atomic E-state index is 0.278. The molecule has 120 valence electrons. The lowest BCUT2D eigenvalue weighted by atomic mass is 10.0. The SMILES string of the molecule is CCCS(=O)(=O)N1CCC(N[C@H](C)Cc2cccs2)CC1. The Bertz CT molecular complexity index is 506. The largest absolute Gasteiger partial charge is 0.311 e. The van der Waals surface area contributed by atoms with Crippen molar-refractivity contribution < 1.29 is 8.42 Å². The summed E-state index contributed by atoms with van der Waals surface area (Å²) in [7, 11) is -3.02. The zero-order valence-corrected chi connectivity index (χ0v) is 14.5. The molecule has 0 spiro atoms. The number of piperidine rings is 1. The number of hydrogen-bond acceptors (Lipinski definition) is 4. The molecule has 6 heteroatoms. The van der Waals surface area contributed by atoms with E-state index in [4.69, 9.17) is 0 Å². The molecule has 1 saturated heterocycles. The Labute approximate surface area is 132 Å². The molecule has 0 unspecified atom stereocenters. The summed E-state index contributed by atoms with van der Waals surface area (Å²) in [6.07, 6.45) is 3.57. The van der Waals surface area contributed by atoms with Crippen molar-refractivity contribution in [3.8, 4) is 0 Å². The van der Waals surface area contributed by atoms with Gasteiger partial charge in [0, 0.05) is 30.1 Å². The fourth-order valence-electron chi connectivity index (χ4n) is 2.88. The molecular weight excluding hydrogens is 304 g/mol. The number of rotatable bonds is 7. The molecule has 1 aromatic heterocycles. The van der Waals surface area contributed by atoms with Crippen LogP contribution in [-0.4, -0.2) is 43.6 Å². The van der Waals surface area contributed by atoms with Crippen molar-refractivity contribution in [1.29, 1.82) is 0 Å². The summed E-state index contributed by atoms with van der Waals surface area (Å²) >= 11 is 1.79. The number of sulfonamides is 1. The van der Waals surface area contributed by atoms with Gasteiger partial charge in [-0.05, 0) is 44.1 Å². The number of nitrogens with one attached hydrogen (secondary N) is 1. The first-order valence-electron chi connectivity index (χ1n) is 7.77. The summed E-state index contributed by atoms with van der Waals surface area (Å²) in [5, 5.41) is 5.76. The lowest BCUT2D eigenvalue weighted by Gasteiger charge is -2.33. The highest BCUT2D eigenvalue weighted by Crippen LogP contribution is 2.17. The van der Waals surface area contributed by atoms with Crippen molar-refractivity contribution in [2.24, 2.45) is 0 Å². The molecule has 1 aliphatic heterocycles. The van der Waals surface area contributed by atoms with Crippen molar-refractivity contribution in [3.63, 3.8) is 0 Å². The van der Waals surface area contributed by atoms with Crippen LogP contribution >= 0.6 is 11.3 Å². The fourth-order valence-corrected chi connectivity index (χ4v) is 5.26. The normalized spacial score (nSPS) is 19.7. The summed E-state index contributed by atoms with van der Waals surface area (Å²) < 4.78 is 25.7.